The van der Waals surface area contributed by atoms with E-state index < -0.39 is 0 Å². The second-order valence-electron chi connectivity index (χ2n) is 8.39. The molecular formula is C25H29N5O. The summed E-state index contributed by atoms with van der Waals surface area (Å²) in [5, 5.41) is 0. The van der Waals surface area contributed by atoms with Crippen LogP contribution in [-0.4, -0.2) is 19.9 Å². The molecule has 3 unspecified atom stereocenters. The molecule has 0 saturated carbocycles. The number of H-pyrrole nitrogens is 1. The van der Waals surface area contributed by atoms with E-state index in [2.05, 4.69) is 40.3 Å². The van der Waals surface area contributed by atoms with Crippen LogP contribution < -0.4 is 5.73 Å². The Hall–Kier alpha value is -2.96. The number of nitrogens with two attached hydrogens (primary N) is 1. The van der Waals surface area contributed by atoms with E-state index in [1.807, 2.05) is 30.9 Å². The third-order valence-electron chi connectivity index (χ3n) is 6.55. The van der Waals surface area contributed by atoms with Gasteiger partial charge in [-0.15, -0.1) is 0 Å². The third-order valence-corrected chi connectivity index (χ3v) is 6.55. The largest absolute Gasteiger partial charge is 0.472 e. The summed E-state index contributed by atoms with van der Waals surface area (Å²) in [6.45, 7) is 1.21. The first-order valence-electron chi connectivity index (χ1n) is 11.1. The number of hydrogen-bond acceptors (Lipinski definition) is 5. The quantitative estimate of drug-likeness (QED) is 0.589. The van der Waals surface area contributed by atoms with Crippen molar-refractivity contribution in [2.24, 2.45) is 11.7 Å². The van der Waals surface area contributed by atoms with E-state index in [1.165, 1.54) is 11.3 Å². The van der Waals surface area contributed by atoms with Crippen LogP contribution in [0.5, 0.6) is 0 Å². The molecule has 0 aromatic carbocycles. The van der Waals surface area contributed by atoms with Crippen molar-refractivity contribution in [1.82, 2.24) is 19.9 Å². The van der Waals surface area contributed by atoms with E-state index in [4.69, 9.17) is 20.1 Å². The second kappa shape index (κ2) is 9.04. The summed E-state index contributed by atoms with van der Waals surface area (Å²) in [6, 6.07) is 4.57. The summed E-state index contributed by atoms with van der Waals surface area (Å²) in [5.41, 5.74) is 10.7. The third kappa shape index (κ3) is 4.01. The molecule has 0 radical (unpaired) electrons. The van der Waals surface area contributed by atoms with Gasteiger partial charge in [0.15, 0.2) is 0 Å². The Morgan fingerprint density at radius 2 is 2.13 bits per heavy atom. The van der Waals surface area contributed by atoms with Crippen LogP contribution in [-0.2, 0) is 19.5 Å². The summed E-state index contributed by atoms with van der Waals surface area (Å²) < 4.78 is 5.54. The number of pyridine rings is 1. The van der Waals surface area contributed by atoms with Gasteiger partial charge in [-0.1, -0.05) is 30.4 Å². The van der Waals surface area contributed by atoms with Gasteiger partial charge in [0.2, 0.25) is 0 Å². The molecule has 2 aliphatic carbocycles. The summed E-state index contributed by atoms with van der Waals surface area (Å²) in [5.74, 6) is 1.31. The molecule has 31 heavy (non-hydrogen) atoms. The van der Waals surface area contributed by atoms with Crippen molar-refractivity contribution in [3.8, 4) is 0 Å². The number of furan rings is 1. The number of allylic oxidation sites excluding steroid dienone is 3. The van der Waals surface area contributed by atoms with Gasteiger partial charge in [-0.2, -0.15) is 0 Å². The Kier molecular flexibility index (Phi) is 5.82. The van der Waals surface area contributed by atoms with E-state index >= 15 is 0 Å². The zero-order valence-corrected chi connectivity index (χ0v) is 17.7. The van der Waals surface area contributed by atoms with Gasteiger partial charge in [0.25, 0.3) is 0 Å². The van der Waals surface area contributed by atoms with Gasteiger partial charge in [0.1, 0.15) is 5.82 Å². The first kappa shape index (κ1) is 20.0. The molecule has 6 nitrogen and oxygen atoms in total. The molecule has 160 valence electrons. The number of aromatic amines is 1. The number of imidazole rings is 1. The van der Waals surface area contributed by atoms with Crippen molar-refractivity contribution in [3.63, 3.8) is 0 Å². The lowest BCUT2D eigenvalue weighted by Crippen LogP contribution is -2.39. The van der Waals surface area contributed by atoms with Gasteiger partial charge in [-0.05, 0) is 37.3 Å². The van der Waals surface area contributed by atoms with E-state index in [0.717, 1.165) is 49.2 Å². The highest BCUT2D eigenvalue weighted by Crippen LogP contribution is 2.43. The molecule has 3 aromatic heterocycles. The molecule has 0 saturated heterocycles. The van der Waals surface area contributed by atoms with Crippen LogP contribution in [0.3, 0.4) is 0 Å². The van der Waals surface area contributed by atoms with Gasteiger partial charge < -0.3 is 15.1 Å². The lowest BCUT2D eigenvalue weighted by Gasteiger charge is -2.42. The fourth-order valence-corrected chi connectivity index (χ4v) is 5.05. The maximum Gasteiger partial charge on any atom is 0.124 e. The molecule has 3 aromatic rings. The van der Waals surface area contributed by atoms with Crippen molar-refractivity contribution in [3.05, 3.63) is 95.8 Å². The van der Waals surface area contributed by atoms with Gasteiger partial charge in [0, 0.05) is 48.7 Å². The lowest BCUT2D eigenvalue weighted by atomic mass is 9.85. The molecule has 6 heteroatoms. The second-order valence-corrected chi connectivity index (χ2v) is 8.39. The number of rotatable bonds is 7. The summed E-state index contributed by atoms with van der Waals surface area (Å²) in [4.78, 5) is 15.5. The molecule has 2 aliphatic rings. The van der Waals surface area contributed by atoms with Gasteiger partial charge in [-0.25, -0.2) is 4.98 Å². The standard InChI is InChI=1S/C25H29N5O/c26-14-20-16-31-17-21(20)15-30(22-10-4-8-18-9-5-11-27-23(18)22)24(25-28-12-13-29-25)19-6-2-1-3-7-19/h1-3,5-6,9,11-13,16-17,19,22,24H,4,7-8,10,14-15,26H2,(H,28,29). The molecule has 3 heterocycles. The summed E-state index contributed by atoms with van der Waals surface area (Å²) in [7, 11) is 0. The van der Waals surface area contributed by atoms with Gasteiger partial charge >= 0.3 is 0 Å². The van der Waals surface area contributed by atoms with Gasteiger partial charge in [-0.3, -0.25) is 9.88 Å². The first-order chi connectivity index (χ1) is 15.3. The Morgan fingerprint density at radius 3 is 2.94 bits per heavy atom. The van der Waals surface area contributed by atoms with Crippen LogP contribution >= 0.6 is 0 Å². The Balaban J connectivity index is 1.60. The number of hydrogen-bond donors (Lipinski definition) is 2. The molecule has 0 fully saturated rings. The number of fused-ring (bicyclic) bond motifs is 1. The maximum atomic E-state index is 6.01. The normalized spacial score (nSPS) is 21.4. The average molecular weight is 416 g/mol. The van der Waals surface area contributed by atoms with Crippen LogP contribution in [0.25, 0.3) is 0 Å². The molecule has 0 bridgehead atoms. The van der Waals surface area contributed by atoms with E-state index in [-0.39, 0.29) is 12.1 Å². The lowest BCUT2D eigenvalue weighted by molar-refractivity contribution is 0.0756. The van der Waals surface area contributed by atoms with Crippen molar-refractivity contribution in [2.75, 3.05) is 0 Å². The molecule has 0 aliphatic heterocycles. The fourth-order valence-electron chi connectivity index (χ4n) is 5.05. The predicted octanol–water partition coefficient (Wildman–Crippen LogP) is 4.61. The average Bonchev–Trinajstić information content (AvgIpc) is 3.51. The van der Waals surface area contributed by atoms with E-state index in [0.29, 0.717) is 12.5 Å². The number of aryl methyl sites for hydroxylation is 1. The number of nitrogens with zero attached hydrogens (tertiary/aromatic N) is 3. The van der Waals surface area contributed by atoms with E-state index in [9.17, 15) is 0 Å². The van der Waals surface area contributed by atoms with Crippen LogP contribution in [0.15, 0.2) is 72.0 Å². The molecular weight excluding hydrogens is 386 g/mol. The van der Waals surface area contributed by atoms with Crippen LogP contribution in [0.1, 0.15) is 59.6 Å². The Morgan fingerprint density at radius 1 is 1.19 bits per heavy atom. The predicted molar refractivity (Wildman–Crippen MR) is 120 cm³/mol. The van der Waals surface area contributed by atoms with Crippen molar-refractivity contribution in [1.29, 1.82) is 0 Å². The number of nitrogens with one attached hydrogen (secondary N) is 1. The molecule has 0 spiro atoms. The highest BCUT2D eigenvalue weighted by molar-refractivity contribution is 5.28. The summed E-state index contributed by atoms with van der Waals surface area (Å²) >= 11 is 0. The minimum Gasteiger partial charge on any atom is -0.472 e. The Labute approximate surface area is 182 Å². The molecule has 5 rings (SSSR count). The van der Waals surface area contributed by atoms with Crippen LogP contribution in [0.4, 0.5) is 0 Å². The Bertz CT molecular complexity index is 1050. The SMILES string of the molecule is NCc1cocc1CN(C1CCCc2cccnc21)C(c1ncc[nH]1)C1C=CC=CC1. The number of aromatic nitrogens is 3. The molecule has 3 N–H and O–H groups in total. The van der Waals surface area contributed by atoms with Crippen molar-refractivity contribution < 1.29 is 4.42 Å². The zero-order chi connectivity index (χ0) is 21.0. The monoisotopic (exact) mass is 415 g/mol. The van der Waals surface area contributed by atoms with E-state index in [1.54, 1.807) is 6.26 Å². The maximum absolute atomic E-state index is 6.01. The molecule has 0 amide bonds. The highest BCUT2D eigenvalue weighted by atomic mass is 16.3. The topological polar surface area (TPSA) is 84.0 Å². The first-order valence-corrected chi connectivity index (χ1v) is 11.1. The van der Waals surface area contributed by atoms with Crippen molar-refractivity contribution in [2.45, 2.75) is 50.9 Å². The van der Waals surface area contributed by atoms with Gasteiger partial charge in [0.05, 0.1) is 30.3 Å². The van der Waals surface area contributed by atoms with Crippen LogP contribution in [0.2, 0.25) is 0 Å². The smallest absolute Gasteiger partial charge is 0.124 e. The van der Waals surface area contributed by atoms with Crippen molar-refractivity contribution >= 4 is 0 Å². The minimum atomic E-state index is 0.0923. The zero-order valence-electron chi connectivity index (χ0n) is 17.7. The van der Waals surface area contributed by atoms with Crippen LogP contribution in [0, 0.1) is 5.92 Å². The highest BCUT2D eigenvalue weighted by Gasteiger charge is 2.37. The fraction of sp³-hybridized carbons (Fsp3) is 0.360. The summed E-state index contributed by atoms with van der Waals surface area (Å²) in [6.07, 6.45) is 22.4. The minimum absolute atomic E-state index is 0.0923. The molecule has 3 atom stereocenters.